The average Bonchev–Trinajstić information content (AvgIpc) is 3.30. The van der Waals surface area contributed by atoms with Crippen molar-refractivity contribution in [1.29, 1.82) is 0 Å². The van der Waals surface area contributed by atoms with E-state index >= 15 is 0 Å². The molecule has 0 aliphatic heterocycles. The highest BCUT2D eigenvalue weighted by atomic mass is 32.2. The van der Waals surface area contributed by atoms with Crippen LogP contribution in [0.4, 0.5) is 5.13 Å². The number of carbonyl (C=O) groups excluding carboxylic acids is 1. The van der Waals surface area contributed by atoms with Gasteiger partial charge in [0.25, 0.3) is 0 Å². The van der Waals surface area contributed by atoms with Crippen molar-refractivity contribution in [2.75, 3.05) is 5.32 Å². The lowest BCUT2D eigenvalue weighted by molar-refractivity contribution is -0.117. The first-order chi connectivity index (χ1) is 10.8. The summed E-state index contributed by atoms with van der Waals surface area (Å²) in [5.74, 6) is 0.221. The number of benzene rings is 1. The molecular formula is C15H12N4OS2. The molecule has 1 fully saturated rings. The molecule has 0 bridgehead atoms. The van der Waals surface area contributed by atoms with E-state index in [1.54, 1.807) is 0 Å². The van der Waals surface area contributed by atoms with Crippen LogP contribution < -0.4 is 5.32 Å². The zero-order valence-electron chi connectivity index (χ0n) is 11.5. The first-order valence-corrected chi connectivity index (χ1v) is 8.59. The lowest BCUT2D eigenvalue weighted by atomic mass is 10.2. The molecule has 0 saturated heterocycles. The lowest BCUT2D eigenvalue weighted by Gasteiger charge is -1.99. The third-order valence-corrected chi connectivity index (χ3v) is 5.18. The van der Waals surface area contributed by atoms with Crippen molar-refractivity contribution in [3.8, 4) is 0 Å². The van der Waals surface area contributed by atoms with Crippen LogP contribution in [0.5, 0.6) is 0 Å². The number of aromatic nitrogens is 3. The van der Waals surface area contributed by atoms with Crippen LogP contribution in [0, 0.1) is 5.92 Å². The number of hydrogen-bond acceptors (Lipinski definition) is 6. The molecule has 0 radical (unpaired) electrons. The van der Waals surface area contributed by atoms with Crippen LogP contribution in [0.2, 0.25) is 0 Å². The standard InChI is InChI=1S/C15H12N4OS2/c20-13(10-5-6-10)17-14-18-19-15(22-14)21-12-8-7-9-3-1-2-4-11(9)16-12/h1-4,7-8,10H,5-6H2,(H,17,18,20). The topological polar surface area (TPSA) is 67.8 Å². The number of para-hydroxylation sites is 1. The predicted molar refractivity (Wildman–Crippen MR) is 87.1 cm³/mol. The summed E-state index contributed by atoms with van der Waals surface area (Å²) in [5.41, 5.74) is 0.958. The molecule has 0 unspecified atom stereocenters. The van der Waals surface area contributed by atoms with Gasteiger partial charge in [0.05, 0.1) is 5.52 Å². The minimum absolute atomic E-state index is 0.0523. The Kier molecular flexibility index (Phi) is 3.51. The van der Waals surface area contributed by atoms with Crippen molar-refractivity contribution in [2.24, 2.45) is 5.92 Å². The SMILES string of the molecule is O=C(Nc1nnc(Sc2ccc3ccccc3n2)s1)C1CC1. The van der Waals surface area contributed by atoms with Crippen LogP contribution in [0.1, 0.15) is 12.8 Å². The van der Waals surface area contributed by atoms with Crippen molar-refractivity contribution < 1.29 is 4.79 Å². The third kappa shape index (κ3) is 2.95. The van der Waals surface area contributed by atoms with E-state index in [2.05, 4.69) is 20.5 Å². The van der Waals surface area contributed by atoms with Crippen LogP contribution in [0.3, 0.4) is 0 Å². The number of nitrogens with one attached hydrogen (secondary N) is 1. The number of fused-ring (bicyclic) bond motifs is 1. The van der Waals surface area contributed by atoms with Gasteiger partial charge in [0.15, 0.2) is 4.34 Å². The lowest BCUT2D eigenvalue weighted by Crippen LogP contribution is -2.12. The molecular weight excluding hydrogens is 316 g/mol. The van der Waals surface area contributed by atoms with Gasteiger partial charge >= 0.3 is 0 Å². The van der Waals surface area contributed by atoms with Gasteiger partial charge in [-0.2, -0.15) is 0 Å². The zero-order chi connectivity index (χ0) is 14.9. The fourth-order valence-electron chi connectivity index (χ4n) is 2.05. The van der Waals surface area contributed by atoms with Gasteiger partial charge < -0.3 is 5.32 Å². The Bertz CT molecular complexity index is 844. The molecule has 5 nitrogen and oxygen atoms in total. The third-order valence-electron chi connectivity index (χ3n) is 3.35. The second kappa shape index (κ2) is 5.66. The first kappa shape index (κ1) is 13.7. The molecule has 2 aromatic heterocycles. The molecule has 1 aromatic carbocycles. The van der Waals surface area contributed by atoms with Gasteiger partial charge in [-0.1, -0.05) is 35.6 Å². The van der Waals surface area contributed by atoms with Gasteiger partial charge in [0.1, 0.15) is 5.03 Å². The number of hydrogen-bond donors (Lipinski definition) is 1. The number of carbonyl (C=O) groups is 1. The summed E-state index contributed by atoms with van der Waals surface area (Å²) >= 11 is 2.83. The van der Waals surface area contributed by atoms with Gasteiger partial charge in [-0.05, 0) is 36.7 Å². The number of amides is 1. The Balaban J connectivity index is 1.49. The van der Waals surface area contributed by atoms with Crippen LogP contribution >= 0.6 is 23.1 Å². The normalized spacial score (nSPS) is 14.2. The van der Waals surface area contributed by atoms with Crippen molar-refractivity contribution in [1.82, 2.24) is 15.2 Å². The summed E-state index contributed by atoms with van der Waals surface area (Å²) < 4.78 is 0.772. The highest BCUT2D eigenvalue weighted by Crippen LogP contribution is 2.34. The molecule has 0 spiro atoms. The molecule has 1 saturated carbocycles. The Morgan fingerprint density at radius 2 is 2.05 bits per heavy atom. The predicted octanol–water partition coefficient (Wildman–Crippen LogP) is 3.59. The van der Waals surface area contributed by atoms with Crippen LogP contribution in [-0.4, -0.2) is 21.1 Å². The number of rotatable bonds is 4. The van der Waals surface area contributed by atoms with Crippen molar-refractivity contribution in [3.63, 3.8) is 0 Å². The van der Waals surface area contributed by atoms with Crippen molar-refractivity contribution in [2.45, 2.75) is 22.2 Å². The Hall–Kier alpha value is -1.99. The highest BCUT2D eigenvalue weighted by Gasteiger charge is 2.30. The monoisotopic (exact) mass is 328 g/mol. The van der Waals surface area contributed by atoms with E-state index in [-0.39, 0.29) is 11.8 Å². The van der Waals surface area contributed by atoms with E-state index in [1.165, 1.54) is 23.1 Å². The van der Waals surface area contributed by atoms with E-state index < -0.39 is 0 Å². The summed E-state index contributed by atoms with van der Waals surface area (Å²) in [6, 6.07) is 12.0. The summed E-state index contributed by atoms with van der Waals surface area (Å²) in [7, 11) is 0. The fourth-order valence-corrected chi connectivity index (χ4v) is 3.73. The zero-order valence-corrected chi connectivity index (χ0v) is 13.2. The van der Waals surface area contributed by atoms with Gasteiger partial charge in [-0.25, -0.2) is 4.98 Å². The molecule has 0 atom stereocenters. The molecule has 110 valence electrons. The first-order valence-electron chi connectivity index (χ1n) is 6.96. The van der Waals surface area contributed by atoms with Crippen molar-refractivity contribution in [3.05, 3.63) is 36.4 Å². The second-order valence-corrected chi connectivity index (χ2v) is 7.33. The fraction of sp³-hybridized carbons (Fsp3) is 0.200. The minimum Gasteiger partial charge on any atom is -0.300 e. The van der Waals surface area contributed by atoms with Gasteiger partial charge in [-0.3, -0.25) is 4.79 Å². The largest absolute Gasteiger partial charge is 0.300 e. The second-order valence-electron chi connectivity index (χ2n) is 5.08. The maximum Gasteiger partial charge on any atom is 0.229 e. The van der Waals surface area contributed by atoms with Gasteiger partial charge in [0, 0.05) is 11.3 Å². The molecule has 1 amide bonds. The number of nitrogens with zero attached hydrogens (tertiary/aromatic N) is 3. The van der Waals surface area contributed by atoms with E-state index in [4.69, 9.17) is 0 Å². The van der Waals surface area contributed by atoms with Crippen molar-refractivity contribution >= 4 is 45.0 Å². The van der Waals surface area contributed by atoms with Crippen LogP contribution in [-0.2, 0) is 4.79 Å². The average molecular weight is 328 g/mol. The molecule has 4 rings (SSSR count). The van der Waals surface area contributed by atoms with E-state index in [0.29, 0.717) is 5.13 Å². The molecule has 7 heteroatoms. The van der Waals surface area contributed by atoms with Gasteiger partial charge in [-0.15, -0.1) is 10.2 Å². The molecule has 1 aliphatic carbocycles. The van der Waals surface area contributed by atoms with Crippen LogP contribution in [0.15, 0.2) is 45.8 Å². The molecule has 1 aliphatic rings. The minimum atomic E-state index is 0.0523. The van der Waals surface area contributed by atoms with E-state index in [1.807, 2.05) is 36.4 Å². The van der Waals surface area contributed by atoms with E-state index in [9.17, 15) is 4.79 Å². The summed E-state index contributed by atoms with van der Waals surface area (Å²) in [5, 5.41) is 13.5. The number of anilines is 1. The molecule has 3 aromatic rings. The quantitative estimate of drug-likeness (QED) is 0.741. The Morgan fingerprint density at radius 1 is 1.18 bits per heavy atom. The molecule has 1 N–H and O–H groups in total. The Morgan fingerprint density at radius 3 is 2.91 bits per heavy atom. The molecule has 22 heavy (non-hydrogen) atoms. The van der Waals surface area contributed by atoms with Crippen LogP contribution in [0.25, 0.3) is 10.9 Å². The molecule has 2 heterocycles. The Labute approximate surface area is 135 Å². The summed E-state index contributed by atoms with van der Waals surface area (Å²) in [6.07, 6.45) is 1.96. The summed E-state index contributed by atoms with van der Waals surface area (Å²) in [4.78, 5) is 16.3. The van der Waals surface area contributed by atoms with E-state index in [0.717, 1.165) is 33.1 Å². The smallest absolute Gasteiger partial charge is 0.229 e. The highest BCUT2D eigenvalue weighted by molar-refractivity contribution is 8.01. The van der Waals surface area contributed by atoms with Gasteiger partial charge in [0.2, 0.25) is 11.0 Å². The number of pyridine rings is 1. The maximum absolute atomic E-state index is 11.7. The summed E-state index contributed by atoms with van der Waals surface area (Å²) in [6.45, 7) is 0. The maximum atomic E-state index is 11.7.